The normalized spacial score (nSPS) is 16.0. The number of nitrogens with zero attached hydrogens (tertiary/aromatic N) is 1. The van der Waals surface area contributed by atoms with Gasteiger partial charge < -0.3 is 14.6 Å². The molecule has 0 atom stereocenters. The van der Waals surface area contributed by atoms with Gasteiger partial charge in [-0.3, -0.25) is 9.69 Å². The van der Waals surface area contributed by atoms with E-state index in [9.17, 15) is 15.0 Å². The minimum atomic E-state index is -0.216. The first kappa shape index (κ1) is 17.6. The summed E-state index contributed by atoms with van der Waals surface area (Å²) in [6.45, 7) is 4.75. The Hall–Kier alpha value is -2.79. The van der Waals surface area contributed by atoms with E-state index in [2.05, 4.69) is 11.8 Å². The second kappa shape index (κ2) is 7.08. The van der Waals surface area contributed by atoms with Gasteiger partial charge in [0.1, 0.15) is 23.3 Å². The number of likely N-dealkylation sites (tertiary alicyclic amines) is 1. The molecule has 1 aromatic heterocycles. The molecular formula is C22H23NO4. The lowest BCUT2D eigenvalue weighted by Gasteiger charge is -2.30. The first-order valence-electron chi connectivity index (χ1n) is 9.31. The summed E-state index contributed by atoms with van der Waals surface area (Å²) in [5.41, 5.74) is 1.59. The molecule has 140 valence electrons. The van der Waals surface area contributed by atoms with Crippen LogP contribution in [0.2, 0.25) is 0 Å². The number of aromatic hydroxyl groups is 2. The molecule has 2 heterocycles. The van der Waals surface area contributed by atoms with Gasteiger partial charge in [0.05, 0.1) is 16.5 Å². The monoisotopic (exact) mass is 365 g/mol. The van der Waals surface area contributed by atoms with E-state index in [1.165, 1.54) is 6.26 Å². The van der Waals surface area contributed by atoms with Gasteiger partial charge in [0.15, 0.2) is 0 Å². The molecule has 5 nitrogen and oxygen atoms in total. The summed E-state index contributed by atoms with van der Waals surface area (Å²) in [5.74, 6) is 0.895. The van der Waals surface area contributed by atoms with Crippen molar-refractivity contribution in [2.45, 2.75) is 26.3 Å². The standard InChI is InChI=1S/C22H23NO4/c1-14-8-10-23(11-9-14)12-17-20(25)7-6-16-21(26)18(13-27-22(16)17)15-4-2-3-5-19(15)24/h2-7,13-14,24-25H,8-12H2,1H3. The first-order chi connectivity index (χ1) is 13.0. The topological polar surface area (TPSA) is 73.9 Å². The Bertz CT molecular complexity index is 1030. The minimum absolute atomic E-state index is 0.0330. The molecule has 0 bridgehead atoms. The first-order valence-corrected chi connectivity index (χ1v) is 9.31. The van der Waals surface area contributed by atoms with E-state index >= 15 is 0 Å². The summed E-state index contributed by atoms with van der Waals surface area (Å²) >= 11 is 0. The van der Waals surface area contributed by atoms with Crippen LogP contribution in [0.3, 0.4) is 0 Å². The number of phenols is 2. The van der Waals surface area contributed by atoms with Crippen LogP contribution < -0.4 is 5.43 Å². The molecule has 3 aromatic rings. The lowest BCUT2D eigenvalue weighted by molar-refractivity contribution is 0.184. The number of rotatable bonds is 3. The highest BCUT2D eigenvalue weighted by atomic mass is 16.3. The van der Waals surface area contributed by atoms with Crippen LogP contribution in [-0.2, 0) is 6.54 Å². The fourth-order valence-electron chi connectivity index (χ4n) is 3.73. The summed E-state index contributed by atoms with van der Waals surface area (Å²) < 4.78 is 5.81. The van der Waals surface area contributed by atoms with E-state index in [4.69, 9.17) is 4.42 Å². The fourth-order valence-corrected chi connectivity index (χ4v) is 3.73. The highest BCUT2D eigenvalue weighted by Gasteiger charge is 2.21. The Morgan fingerprint density at radius 2 is 1.78 bits per heavy atom. The molecule has 5 heteroatoms. The van der Waals surface area contributed by atoms with Crippen molar-refractivity contribution in [3.05, 3.63) is 58.4 Å². The summed E-state index contributed by atoms with van der Waals surface area (Å²) in [6.07, 6.45) is 3.64. The predicted octanol–water partition coefficient (Wildman–Crippen LogP) is 4.10. The van der Waals surface area contributed by atoms with Gasteiger partial charge in [0.25, 0.3) is 0 Å². The van der Waals surface area contributed by atoms with Crippen molar-refractivity contribution in [2.75, 3.05) is 13.1 Å². The molecule has 0 amide bonds. The van der Waals surface area contributed by atoms with Gasteiger partial charge in [0.2, 0.25) is 5.43 Å². The molecule has 2 aromatic carbocycles. The minimum Gasteiger partial charge on any atom is -0.507 e. The van der Waals surface area contributed by atoms with Crippen molar-refractivity contribution in [3.63, 3.8) is 0 Å². The third-order valence-electron chi connectivity index (χ3n) is 5.47. The number of hydrogen-bond acceptors (Lipinski definition) is 5. The molecule has 4 rings (SSSR count). The summed E-state index contributed by atoms with van der Waals surface area (Å²) in [5, 5.41) is 20.9. The van der Waals surface area contributed by atoms with Gasteiger partial charge in [-0.15, -0.1) is 0 Å². The van der Waals surface area contributed by atoms with E-state index in [-0.39, 0.29) is 16.9 Å². The SMILES string of the molecule is CC1CCN(Cc2c(O)ccc3c(=O)c(-c4ccccc4O)coc23)CC1. The third kappa shape index (κ3) is 3.30. The molecule has 0 spiro atoms. The van der Waals surface area contributed by atoms with E-state index < -0.39 is 0 Å². The zero-order valence-electron chi connectivity index (χ0n) is 15.3. The maximum Gasteiger partial charge on any atom is 0.200 e. The molecule has 0 radical (unpaired) electrons. The number of fused-ring (bicyclic) bond motifs is 1. The van der Waals surface area contributed by atoms with Crippen LogP contribution in [0.15, 0.2) is 51.9 Å². The fraction of sp³-hybridized carbons (Fsp3) is 0.318. The average molecular weight is 365 g/mol. The zero-order valence-corrected chi connectivity index (χ0v) is 15.3. The Kier molecular flexibility index (Phi) is 4.62. The molecule has 1 aliphatic heterocycles. The third-order valence-corrected chi connectivity index (χ3v) is 5.47. The van der Waals surface area contributed by atoms with Crippen LogP contribution in [0.25, 0.3) is 22.1 Å². The number of para-hydroxylation sites is 1. The summed E-state index contributed by atoms with van der Waals surface area (Å²) in [7, 11) is 0. The highest BCUT2D eigenvalue weighted by Crippen LogP contribution is 2.32. The molecular weight excluding hydrogens is 342 g/mol. The second-order valence-corrected chi connectivity index (χ2v) is 7.39. The smallest absolute Gasteiger partial charge is 0.200 e. The van der Waals surface area contributed by atoms with Gasteiger partial charge in [0, 0.05) is 12.1 Å². The van der Waals surface area contributed by atoms with E-state index in [1.807, 2.05) is 0 Å². The van der Waals surface area contributed by atoms with Gasteiger partial charge in [-0.2, -0.15) is 0 Å². The largest absolute Gasteiger partial charge is 0.507 e. The van der Waals surface area contributed by atoms with Crippen LogP contribution in [0.5, 0.6) is 11.5 Å². The van der Waals surface area contributed by atoms with Crippen molar-refractivity contribution in [1.29, 1.82) is 0 Å². The van der Waals surface area contributed by atoms with E-state index in [0.29, 0.717) is 34.2 Å². The Labute approximate surface area is 157 Å². The number of hydrogen-bond donors (Lipinski definition) is 2. The molecule has 27 heavy (non-hydrogen) atoms. The maximum absolute atomic E-state index is 13.0. The van der Waals surface area contributed by atoms with Crippen LogP contribution in [0.1, 0.15) is 25.3 Å². The zero-order chi connectivity index (χ0) is 19.0. The van der Waals surface area contributed by atoms with Crippen molar-refractivity contribution in [3.8, 4) is 22.6 Å². The molecule has 1 fully saturated rings. The van der Waals surface area contributed by atoms with Crippen LogP contribution in [0.4, 0.5) is 0 Å². The average Bonchev–Trinajstić information content (AvgIpc) is 2.67. The molecule has 1 saturated heterocycles. The Balaban J connectivity index is 1.78. The molecule has 0 aliphatic carbocycles. The molecule has 0 saturated carbocycles. The Morgan fingerprint density at radius 1 is 1.04 bits per heavy atom. The van der Waals surface area contributed by atoms with Crippen molar-refractivity contribution in [1.82, 2.24) is 4.90 Å². The number of phenolic OH excluding ortho intramolecular Hbond substituents is 2. The van der Waals surface area contributed by atoms with Gasteiger partial charge in [-0.05, 0) is 50.0 Å². The number of benzene rings is 2. The van der Waals surface area contributed by atoms with E-state index in [0.717, 1.165) is 31.8 Å². The van der Waals surface area contributed by atoms with Crippen LogP contribution >= 0.6 is 0 Å². The Morgan fingerprint density at radius 3 is 2.52 bits per heavy atom. The lowest BCUT2D eigenvalue weighted by Crippen LogP contribution is -2.32. The predicted molar refractivity (Wildman–Crippen MR) is 105 cm³/mol. The van der Waals surface area contributed by atoms with Crippen molar-refractivity contribution < 1.29 is 14.6 Å². The number of piperidine rings is 1. The van der Waals surface area contributed by atoms with Crippen LogP contribution in [-0.4, -0.2) is 28.2 Å². The second-order valence-electron chi connectivity index (χ2n) is 7.39. The molecule has 2 N–H and O–H groups in total. The summed E-state index contributed by atoms with van der Waals surface area (Å²) in [6, 6.07) is 9.83. The van der Waals surface area contributed by atoms with E-state index in [1.54, 1.807) is 36.4 Å². The quantitative estimate of drug-likeness (QED) is 0.731. The van der Waals surface area contributed by atoms with Crippen molar-refractivity contribution >= 4 is 11.0 Å². The van der Waals surface area contributed by atoms with Gasteiger partial charge in [-0.25, -0.2) is 0 Å². The summed E-state index contributed by atoms with van der Waals surface area (Å²) in [4.78, 5) is 15.3. The lowest BCUT2D eigenvalue weighted by atomic mass is 9.98. The van der Waals surface area contributed by atoms with Gasteiger partial charge in [-0.1, -0.05) is 25.1 Å². The molecule has 1 aliphatic rings. The maximum atomic E-state index is 13.0. The molecule has 0 unspecified atom stereocenters. The van der Waals surface area contributed by atoms with Crippen molar-refractivity contribution in [2.24, 2.45) is 5.92 Å². The van der Waals surface area contributed by atoms with Gasteiger partial charge >= 0.3 is 0 Å². The van der Waals surface area contributed by atoms with Crippen LogP contribution in [0, 0.1) is 5.92 Å². The highest BCUT2D eigenvalue weighted by molar-refractivity contribution is 5.86.